The summed E-state index contributed by atoms with van der Waals surface area (Å²) in [6.07, 6.45) is 1.52. The first-order valence-electron chi connectivity index (χ1n) is 10.1. The maximum Gasteiger partial charge on any atom is 0.161 e. The summed E-state index contributed by atoms with van der Waals surface area (Å²) in [5.74, 6) is 0.237. The quantitative estimate of drug-likeness (QED) is 0.631. The second-order valence-corrected chi connectivity index (χ2v) is 5.11. The highest BCUT2D eigenvalue weighted by molar-refractivity contribution is 5.83. The van der Waals surface area contributed by atoms with Crippen molar-refractivity contribution in [3.63, 3.8) is 0 Å². The second kappa shape index (κ2) is 15.1. The first-order chi connectivity index (χ1) is 12.2. The first kappa shape index (κ1) is 26.0. The van der Waals surface area contributed by atoms with Crippen molar-refractivity contribution < 1.29 is 9.53 Å². The minimum absolute atomic E-state index is 0.218. The molecule has 2 saturated heterocycles. The average molecular weight is 352 g/mol. The fraction of sp³-hybridized carbons (Fsp3) is 0.682. The second-order valence-electron chi connectivity index (χ2n) is 5.11. The van der Waals surface area contributed by atoms with E-state index in [1.807, 2.05) is 73.6 Å². The van der Waals surface area contributed by atoms with E-state index >= 15 is 0 Å². The van der Waals surface area contributed by atoms with E-state index < -0.39 is 0 Å². The van der Waals surface area contributed by atoms with Gasteiger partial charge in [0.1, 0.15) is 6.61 Å². The van der Waals surface area contributed by atoms with Crippen LogP contribution in [0.25, 0.3) is 0 Å². The number of ketones is 1. The van der Waals surface area contributed by atoms with Gasteiger partial charge in [0.15, 0.2) is 5.78 Å². The van der Waals surface area contributed by atoms with E-state index in [9.17, 15) is 4.79 Å². The van der Waals surface area contributed by atoms with Crippen LogP contribution in [-0.4, -0.2) is 36.5 Å². The Hall–Kier alpha value is -1.19. The highest BCUT2D eigenvalue weighted by Crippen LogP contribution is 2.46. The van der Waals surface area contributed by atoms with Crippen molar-refractivity contribution in [2.75, 3.05) is 20.2 Å². The van der Waals surface area contributed by atoms with Crippen LogP contribution in [0.2, 0.25) is 0 Å². The predicted octanol–water partition coefficient (Wildman–Crippen LogP) is 5.90. The lowest BCUT2D eigenvalue weighted by Crippen LogP contribution is -2.35. The van der Waals surface area contributed by atoms with E-state index in [2.05, 4.69) is 24.1 Å². The maximum atomic E-state index is 11.5. The van der Waals surface area contributed by atoms with Gasteiger partial charge in [-0.2, -0.15) is 0 Å². The molecule has 3 heteroatoms. The Labute approximate surface area is 156 Å². The molecule has 0 bridgehead atoms. The molecule has 2 unspecified atom stereocenters. The van der Waals surface area contributed by atoms with Crippen LogP contribution in [0.3, 0.4) is 0 Å². The molecule has 3 nitrogen and oxygen atoms in total. The third-order valence-electron chi connectivity index (χ3n) is 3.96. The van der Waals surface area contributed by atoms with Crippen LogP contribution in [-0.2, 0) is 9.53 Å². The van der Waals surface area contributed by atoms with Gasteiger partial charge in [-0.1, -0.05) is 85.7 Å². The summed E-state index contributed by atoms with van der Waals surface area (Å²) in [5, 5.41) is 0. The fourth-order valence-corrected chi connectivity index (χ4v) is 3.22. The van der Waals surface area contributed by atoms with Gasteiger partial charge in [0, 0.05) is 13.0 Å². The molecule has 2 atom stereocenters. The zero-order chi connectivity index (χ0) is 19.9. The van der Waals surface area contributed by atoms with Crippen molar-refractivity contribution in [1.82, 2.24) is 4.90 Å². The molecule has 2 aliphatic heterocycles. The summed E-state index contributed by atoms with van der Waals surface area (Å²) in [6, 6.07) is 10.6. The number of likely N-dealkylation sites (tertiary alicyclic amines) is 1. The summed E-state index contributed by atoms with van der Waals surface area (Å²) in [6.45, 7) is 17.3. The summed E-state index contributed by atoms with van der Waals surface area (Å²) in [4.78, 5) is 13.8. The summed E-state index contributed by atoms with van der Waals surface area (Å²) < 4.78 is 5.86. The molecule has 0 aliphatic carbocycles. The SMILES string of the molecule is CC.CC.CC.CC.CN1CCC2(CC(=O)CO2)C1c1ccccc1. The van der Waals surface area contributed by atoms with E-state index in [0.29, 0.717) is 6.42 Å². The standard InChI is InChI=1S/C14H17NO2.4C2H6/c1-15-8-7-14(9-12(16)10-17-14)13(15)11-5-3-2-4-6-11;4*1-2/h2-6,13H,7-10H2,1H3;4*1-2H3. The highest BCUT2D eigenvalue weighted by atomic mass is 16.5. The normalized spacial score (nSPS) is 23.9. The van der Waals surface area contributed by atoms with E-state index in [1.165, 1.54) is 5.56 Å². The summed E-state index contributed by atoms with van der Waals surface area (Å²) >= 11 is 0. The van der Waals surface area contributed by atoms with Gasteiger partial charge in [-0.3, -0.25) is 9.69 Å². The molecule has 3 rings (SSSR count). The summed E-state index contributed by atoms with van der Waals surface area (Å²) in [7, 11) is 2.11. The number of carbonyl (C=O) groups excluding carboxylic acids is 1. The maximum absolute atomic E-state index is 11.5. The molecule has 2 heterocycles. The average Bonchev–Trinajstić information content (AvgIpc) is 3.24. The van der Waals surface area contributed by atoms with E-state index in [0.717, 1.165) is 13.0 Å². The molecule has 2 fully saturated rings. The molecule has 0 saturated carbocycles. The van der Waals surface area contributed by atoms with Gasteiger partial charge in [-0.25, -0.2) is 0 Å². The lowest BCUT2D eigenvalue weighted by molar-refractivity contribution is -0.117. The van der Waals surface area contributed by atoms with Gasteiger partial charge in [0.2, 0.25) is 0 Å². The Morgan fingerprint density at radius 1 is 0.960 bits per heavy atom. The van der Waals surface area contributed by atoms with Crippen LogP contribution in [0.5, 0.6) is 0 Å². The zero-order valence-electron chi connectivity index (χ0n) is 18.1. The fourth-order valence-electron chi connectivity index (χ4n) is 3.22. The topological polar surface area (TPSA) is 29.5 Å². The Balaban J connectivity index is 0. The molecular formula is C22H41NO2. The number of nitrogens with zero attached hydrogens (tertiary/aromatic N) is 1. The Morgan fingerprint density at radius 2 is 1.48 bits per heavy atom. The molecule has 146 valence electrons. The van der Waals surface area contributed by atoms with Gasteiger partial charge in [0.05, 0.1) is 11.6 Å². The van der Waals surface area contributed by atoms with Crippen LogP contribution in [0.4, 0.5) is 0 Å². The molecule has 25 heavy (non-hydrogen) atoms. The first-order valence-corrected chi connectivity index (χ1v) is 10.1. The molecule has 0 N–H and O–H groups in total. The van der Waals surface area contributed by atoms with Gasteiger partial charge in [0.25, 0.3) is 0 Å². The number of hydrogen-bond donors (Lipinski definition) is 0. The van der Waals surface area contributed by atoms with Gasteiger partial charge in [-0.15, -0.1) is 0 Å². The molecule has 2 aliphatic rings. The number of likely N-dealkylation sites (N-methyl/N-ethyl adjacent to an activating group) is 1. The zero-order valence-corrected chi connectivity index (χ0v) is 18.1. The molecule has 0 radical (unpaired) electrons. The summed E-state index contributed by atoms with van der Waals surface area (Å²) in [5.41, 5.74) is 0.981. The monoisotopic (exact) mass is 351 g/mol. The molecule has 0 aromatic heterocycles. The van der Waals surface area contributed by atoms with Crippen molar-refractivity contribution in [3.05, 3.63) is 35.9 Å². The van der Waals surface area contributed by atoms with Crippen LogP contribution >= 0.6 is 0 Å². The van der Waals surface area contributed by atoms with Crippen molar-refractivity contribution in [2.24, 2.45) is 0 Å². The molecular weight excluding hydrogens is 310 g/mol. The van der Waals surface area contributed by atoms with E-state index in [-0.39, 0.29) is 24.0 Å². The predicted molar refractivity (Wildman–Crippen MR) is 110 cm³/mol. The van der Waals surface area contributed by atoms with Crippen LogP contribution < -0.4 is 0 Å². The molecule has 1 spiro atoms. The number of rotatable bonds is 1. The Bertz CT molecular complexity index is 433. The number of carbonyl (C=O) groups is 1. The van der Waals surface area contributed by atoms with Crippen molar-refractivity contribution >= 4 is 5.78 Å². The minimum atomic E-state index is -0.271. The largest absolute Gasteiger partial charge is 0.365 e. The van der Waals surface area contributed by atoms with Crippen molar-refractivity contribution in [1.29, 1.82) is 0 Å². The van der Waals surface area contributed by atoms with Crippen molar-refractivity contribution in [2.45, 2.75) is 79.9 Å². The smallest absolute Gasteiger partial charge is 0.161 e. The van der Waals surface area contributed by atoms with Crippen LogP contribution in [0, 0.1) is 0 Å². The Morgan fingerprint density at radius 3 is 1.92 bits per heavy atom. The van der Waals surface area contributed by atoms with Crippen molar-refractivity contribution in [3.8, 4) is 0 Å². The Kier molecular flexibility index (Phi) is 15.7. The minimum Gasteiger partial charge on any atom is -0.365 e. The van der Waals surface area contributed by atoms with Gasteiger partial charge >= 0.3 is 0 Å². The van der Waals surface area contributed by atoms with Crippen LogP contribution in [0.15, 0.2) is 30.3 Å². The molecule has 1 aromatic rings. The number of Topliss-reactive ketones (excluding diaryl/α,β-unsaturated/α-hetero) is 1. The van der Waals surface area contributed by atoms with E-state index in [1.54, 1.807) is 0 Å². The van der Waals surface area contributed by atoms with E-state index in [4.69, 9.17) is 4.74 Å². The van der Waals surface area contributed by atoms with Gasteiger partial charge in [-0.05, 0) is 19.0 Å². The van der Waals surface area contributed by atoms with Crippen LogP contribution in [0.1, 0.15) is 79.8 Å². The number of hydrogen-bond acceptors (Lipinski definition) is 3. The third-order valence-corrected chi connectivity index (χ3v) is 3.96. The lowest BCUT2D eigenvalue weighted by Gasteiger charge is -2.32. The van der Waals surface area contributed by atoms with Gasteiger partial charge < -0.3 is 4.74 Å². The highest BCUT2D eigenvalue weighted by Gasteiger charge is 2.52. The molecule has 0 amide bonds. The number of benzene rings is 1. The third kappa shape index (κ3) is 6.91. The number of ether oxygens (including phenoxy) is 1. The lowest BCUT2D eigenvalue weighted by atomic mass is 9.86. The molecule has 1 aromatic carbocycles.